The summed E-state index contributed by atoms with van der Waals surface area (Å²) in [6, 6.07) is 3.85. The maximum absolute atomic E-state index is 5.35. The average Bonchev–Trinajstić information content (AvgIpc) is 2.84. The molecular formula is C10H12BrN3O. The number of rotatable bonds is 5. The molecule has 0 spiro atoms. The number of furan rings is 1. The zero-order valence-electron chi connectivity index (χ0n) is 8.16. The van der Waals surface area contributed by atoms with Gasteiger partial charge in [-0.25, -0.2) is 4.98 Å². The molecule has 0 bridgehead atoms. The maximum atomic E-state index is 5.35. The number of hydrogen-bond acceptors (Lipinski definition) is 3. The highest BCUT2D eigenvalue weighted by molar-refractivity contribution is 9.10. The fourth-order valence-electron chi connectivity index (χ4n) is 1.30. The van der Waals surface area contributed by atoms with Gasteiger partial charge >= 0.3 is 0 Å². The summed E-state index contributed by atoms with van der Waals surface area (Å²) in [7, 11) is 0. The van der Waals surface area contributed by atoms with Gasteiger partial charge in [-0.3, -0.25) is 0 Å². The molecule has 0 aliphatic heterocycles. The zero-order valence-corrected chi connectivity index (χ0v) is 9.75. The third-order valence-corrected chi connectivity index (χ3v) is 2.48. The normalized spacial score (nSPS) is 10.7. The Labute approximate surface area is 96.2 Å². The van der Waals surface area contributed by atoms with Crippen molar-refractivity contribution in [3.63, 3.8) is 0 Å². The van der Waals surface area contributed by atoms with Gasteiger partial charge in [0.2, 0.25) is 0 Å². The Balaban J connectivity index is 1.67. The first kappa shape index (κ1) is 10.4. The molecule has 4 nitrogen and oxygen atoms in total. The van der Waals surface area contributed by atoms with Crippen LogP contribution < -0.4 is 5.32 Å². The fourth-order valence-corrected chi connectivity index (χ4v) is 1.64. The number of nitrogens with zero attached hydrogens (tertiary/aromatic N) is 1. The van der Waals surface area contributed by atoms with Crippen molar-refractivity contribution in [2.75, 3.05) is 6.54 Å². The predicted molar refractivity (Wildman–Crippen MR) is 60.4 cm³/mol. The third kappa shape index (κ3) is 3.21. The van der Waals surface area contributed by atoms with Gasteiger partial charge in [-0.1, -0.05) is 0 Å². The van der Waals surface area contributed by atoms with Gasteiger partial charge in [0.1, 0.15) is 5.76 Å². The third-order valence-electron chi connectivity index (χ3n) is 2.05. The highest BCUT2D eigenvalue weighted by Crippen LogP contribution is 2.13. The number of aromatic nitrogens is 2. The van der Waals surface area contributed by atoms with Crippen molar-refractivity contribution in [1.29, 1.82) is 0 Å². The highest BCUT2D eigenvalue weighted by atomic mass is 79.9. The molecule has 2 rings (SSSR count). The van der Waals surface area contributed by atoms with E-state index in [4.69, 9.17) is 4.42 Å². The minimum atomic E-state index is 0.750. The van der Waals surface area contributed by atoms with Crippen molar-refractivity contribution in [1.82, 2.24) is 15.3 Å². The van der Waals surface area contributed by atoms with Gasteiger partial charge in [0.05, 0.1) is 12.9 Å². The second kappa shape index (κ2) is 5.14. The Hall–Kier alpha value is -1.07. The number of imidazole rings is 1. The van der Waals surface area contributed by atoms with E-state index >= 15 is 0 Å². The molecule has 0 saturated heterocycles. The summed E-state index contributed by atoms with van der Waals surface area (Å²) in [6.07, 6.45) is 4.48. The zero-order chi connectivity index (χ0) is 10.5. The second-order valence-electron chi connectivity index (χ2n) is 3.21. The van der Waals surface area contributed by atoms with Crippen LogP contribution in [0.15, 0.2) is 33.7 Å². The van der Waals surface area contributed by atoms with Gasteiger partial charge in [0.15, 0.2) is 4.67 Å². The van der Waals surface area contributed by atoms with Gasteiger partial charge in [-0.15, -0.1) is 0 Å². The Morgan fingerprint density at radius 2 is 2.40 bits per heavy atom. The van der Waals surface area contributed by atoms with Gasteiger partial charge in [0.25, 0.3) is 0 Å². The molecule has 2 aromatic rings. The topological polar surface area (TPSA) is 53.9 Å². The van der Waals surface area contributed by atoms with Crippen molar-refractivity contribution < 1.29 is 4.42 Å². The van der Waals surface area contributed by atoms with Crippen molar-refractivity contribution in [2.24, 2.45) is 0 Å². The van der Waals surface area contributed by atoms with Crippen LogP contribution in [0.1, 0.15) is 11.5 Å². The lowest BCUT2D eigenvalue weighted by molar-refractivity contribution is 0.466. The number of halogens is 1. The SMILES string of the molecule is Brc1ccc(CNCCc2cnc[nH]2)o1. The minimum Gasteiger partial charge on any atom is -0.453 e. The van der Waals surface area contributed by atoms with Crippen molar-refractivity contribution in [3.05, 3.63) is 40.8 Å². The van der Waals surface area contributed by atoms with Gasteiger partial charge in [-0.05, 0) is 28.1 Å². The van der Waals surface area contributed by atoms with Crippen molar-refractivity contribution >= 4 is 15.9 Å². The van der Waals surface area contributed by atoms with E-state index < -0.39 is 0 Å². The van der Waals surface area contributed by atoms with E-state index in [1.165, 1.54) is 0 Å². The lowest BCUT2D eigenvalue weighted by atomic mass is 10.3. The first-order chi connectivity index (χ1) is 7.34. The number of H-pyrrole nitrogens is 1. The molecule has 0 aromatic carbocycles. The van der Waals surface area contributed by atoms with Crippen LogP contribution in [0.3, 0.4) is 0 Å². The standard InChI is InChI=1S/C10H12BrN3O/c11-10-2-1-9(15-10)6-12-4-3-8-5-13-7-14-8/h1-2,5,7,12H,3-4,6H2,(H,13,14). The summed E-state index contributed by atoms with van der Waals surface area (Å²) < 4.78 is 6.13. The van der Waals surface area contributed by atoms with Crippen molar-refractivity contribution in [2.45, 2.75) is 13.0 Å². The van der Waals surface area contributed by atoms with Crippen molar-refractivity contribution in [3.8, 4) is 0 Å². The minimum absolute atomic E-state index is 0.750. The summed E-state index contributed by atoms with van der Waals surface area (Å²) in [6.45, 7) is 1.65. The molecule has 0 amide bonds. The maximum Gasteiger partial charge on any atom is 0.169 e. The Kier molecular flexibility index (Phi) is 3.58. The van der Waals surface area contributed by atoms with Crippen LogP contribution in [-0.4, -0.2) is 16.5 Å². The second-order valence-corrected chi connectivity index (χ2v) is 3.99. The van der Waals surface area contributed by atoms with Crippen LogP contribution >= 0.6 is 15.9 Å². The van der Waals surface area contributed by atoms with Crippen LogP contribution in [-0.2, 0) is 13.0 Å². The van der Waals surface area contributed by atoms with E-state index in [1.54, 1.807) is 6.33 Å². The molecule has 2 N–H and O–H groups in total. The summed E-state index contributed by atoms with van der Waals surface area (Å²) >= 11 is 3.26. The van der Waals surface area contributed by atoms with Gasteiger partial charge < -0.3 is 14.7 Å². The Morgan fingerprint density at radius 1 is 1.47 bits per heavy atom. The van der Waals surface area contributed by atoms with E-state index in [9.17, 15) is 0 Å². The Bertz CT molecular complexity index is 396. The summed E-state index contributed by atoms with van der Waals surface area (Å²) in [5, 5.41) is 3.29. The Morgan fingerprint density at radius 3 is 3.07 bits per heavy atom. The largest absolute Gasteiger partial charge is 0.453 e. The number of aromatic amines is 1. The van der Waals surface area contributed by atoms with E-state index in [0.717, 1.165) is 35.6 Å². The molecule has 80 valence electrons. The molecule has 0 atom stereocenters. The van der Waals surface area contributed by atoms with E-state index in [2.05, 4.69) is 31.2 Å². The first-order valence-electron chi connectivity index (χ1n) is 4.77. The molecular weight excluding hydrogens is 258 g/mol. The van der Waals surface area contributed by atoms with Crippen LogP contribution in [0.2, 0.25) is 0 Å². The summed E-state index contributed by atoms with van der Waals surface area (Å²) in [5.74, 6) is 0.937. The average molecular weight is 270 g/mol. The van der Waals surface area contributed by atoms with Crippen LogP contribution in [0.25, 0.3) is 0 Å². The summed E-state index contributed by atoms with van der Waals surface area (Å²) in [4.78, 5) is 7.01. The number of hydrogen-bond donors (Lipinski definition) is 2. The van der Waals surface area contributed by atoms with E-state index in [-0.39, 0.29) is 0 Å². The molecule has 2 heterocycles. The van der Waals surface area contributed by atoms with E-state index in [0.29, 0.717) is 0 Å². The molecule has 0 fully saturated rings. The first-order valence-corrected chi connectivity index (χ1v) is 5.56. The lowest BCUT2D eigenvalue weighted by Gasteiger charge is -2.00. The molecule has 0 aliphatic carbocycles. The molecule has 5 heteroatoms. The monoisotopic (exact) mass is 269 g/mol. The van der Waals surface area contributed by atoms with Gasteiger partial charge in [-0.2, -0.15) is 0 Å². The fraction of sp³-hybridized carbons (Fsp3) is 0.300. The molecule has 0 radical (unpaired) electrons. The predicted octanol–water partition coefficient (Wildman–Crippen LogP) is 2.10. The van der Waals surface area contributed by atoms with Crippen LogP contribution in [0.5, 0.6) is 0 Å². The lowest BCUT2D eigenvalue weighted by Crippen LogP contribution is -2.16. The molecule has 0 aliphatic rings. The van der Waals surface area contributed by atoms with Crippen LogP contribution in [0.4, 0.5) is 0 Å². The highest BCUT2D eigenvalue weighted by Gasteiger charge is 1.98. The molecule has 0 unspecified atom stereocenters. The quantitative estimate of drug-likeness (QED) is 0.818. The molecule has 0 saturated carbocycles. The molecule has 2 aromatic heterocycles. The molecule has 15 heavy (non-hydrogen) atoms. The van der Waals surface area contributed by atoms with E-state index in [1.807, 2.05) is 18.3 Å². The smallest absolute Gasteiger partial charge is 0.169 e. The number of nitrogens with one attached hydrogen (secondary N) is 2. The van der Waals surface area contributed by atoms with Crippen LogP contribution in [0, 0.1) is 0 Å². The summed E-state index contributed by atoms with van der Waals surface area (Å²) in [5.41, 5.74) is 1.14. The van der Waals surface area contributed by atoms with Gasteiger partial charge in [0, 0.05) is 24.9 Å².